The summed E-state index contributed by atoms with van der Waals surface area (Å²) < 4.78 is 13.2. The first-order chi connectivity index (χ1) is 6.75. The number of likely N-dealkylation sites (N-methyl/N-ethyl adjacent to an activating group) is 1. The van der Waals surface area contributed by atoms with Gasteiger partial charge < -0.3 is 5.32 Å². The van der Waals surface area contributed by atoms with Gasteiger partial charge in [0, 0.05) is 12.1 Å². The summed E-state index contributed by atoms with van der Waals surface area (Å²) in [5.41, 5.74) is 0.451. The molecule has 1 nitrogen and oxygen atoms in total. The number of hydrogen-bond acceptors (Lipinski definition) is 1. The van der Waals surface area contributed by atoms with Crippen LogP contribution in [0.5, 0.6) is 0 Å². The van der Waals surface area contributed by atoms with Crippen molar-refractivity contribution >= 4 is 17.7 Å². The Balaban J connectivity index is 2.70. The van der Waals surface area contributed by atoms with Gasteiger partial charge in [-0.25, -0.2) is 4.39 Å². The van der Waals surface area contributed by atoms with Gasteiger partial charge in [-0.1, -0.05) is 36.7 Å². The molecule has 0 saturated carbocycles. The molecule has 0 saturated heterocycles. The van der Waals surface area contributed by atoms with E-state index in [1.807, 2.05) is 13.0 Å². The minimum absolute atomic E-state index is 0.287. The van der Waals surface area contributed by atoms with Crippen LogP contribution in [-0.4, -0.2) is 13.1 Å². The monoisotopic (exact) mass is 213 g/mol. The van der Waals surface area contributed by atoms with Crippen molar-refractivity contribution in [3.05, 3.63) is 40.7 Å². The van der Waals surface area contributed by atoms with E-state index in [0.29, 0.717) is 10.6 Å². The van der Waals surface area contributed by atoms with Gasteiger partial charge in [-0.05, 0) is 18.7 Å². The molecule has 1 aromatic carbocycles. The summed E-state index contributed by atoms with van der Waals surface area (Å²) in [6.07, 6.45) is 3.55. The van der Waals surface area contributed by atoms with Gasteiger partial charge in [-0.15, -0.1) is 0 Å². The van der Waals surface area contributed by atoms with Gasteiger partial charge in [-0.3, -0.25) is 0 Å². The Morgan fingerprint density at radius 2 is 2.29 bits per heavy atom. The van der Waals surface area contributed by atoms with Crippen LogP contribution in [0.3, 0.4) is 0 Å². The molecule has 0 fully saturated rings. The summed E-state index contributed by atoms with van der Waals surface area (Å²) in [6.45, 7) is 3.64. The lowest BCUT2D eigenvalue weighted by molar-refractivity contribution is 0.625. The highest BCUT2D eigenvalue weighted by molar-refractivity contribution is 6.32. The van der Waals surface area contributed by atoms with E-state index in [1.165, 1.54) is 6.07 Å². The van der Waals surface area contributed by atoms with Gasteiger partial charge in [0.15, 0.2) is 0 Å². The van der Waals surface area contributed by atoms with Crippen LogP contribution in [0.2, 0.25) is 5.02 Å². The molecule has 1 aromatic rings. The second-order valence-electron chi connectivity index (χ2n) is 2.85. The van der Waals surface area contributed by atoms with Crippen LogP contribution in [0, 0.1) is 5.82 Å². The molecule has 0 aliphatic carbocycles. The number of rotatable bonds is 4. The molecule has 0 heterocycles. The van der Waals surface area contributed by atoms with E-state index in [9.17, 15) is 4.39 Å². The molecule has 0 atom stereocenters. The fourth-order valence-corrected chi connectivity index (χ4v) is 1.30. The van der Waals surface area contributed by atoms with Crippen molar-refractivity contribution in [2.75, 3.05) is 13.1 Å². The Morgan fingerprint density at radius 1 is 1.50 bits per heavy atom. The summed E-state index contributed by atoms with van der Waals surface area (Å²) in [4.78, 5) is 0. The van der Waals surface area contributed by atoms with E-state index >= 15 is 0 Å². The Hall–Kier alpha value is -0.860. The molecule has 0 amide bonds. The highest BCUT2D eigenvalue weighted by Crippen LogP contribution is 2.19. The van der Waals surface area contributed by atoms with Crippen molar-refractivity contribution in [2.24, 2.45) is 0 Å². The maximum absolute atomic E-state index is 13.2. The number of hydrogen-bond donors (Lipinski definition) is 1. The molecule has 0 aliphatic rings. The average Bonchev–Trinajstić information content (AvgIpc) is 2.16. The van der Waals surface area contributed by atoms with Gasteiger partial charge in [0.1, 0.15) is 5.82 Å². The van der Waals surface area contributed by atoms with Crippen molar-refractivity contribution in [1.82, 2.24) is 5.32 Å². The highest BCUT2D eigenvalue weighted by Gasteiger charge is 2.01. The number of halogens is 2. The zero-order valence-electron chi connectivity index (χ0n) is 8.06. The largest absolute Gasteiger partial charge is 0.314 e. The van der Waals surface area contributed by atoms with Crippen molar-refractivity contribution in [2.45, 2.75) is 6.92 Å². The zero-order chi connectivity index (χ0) is 10.4. The fourth-order valence-electron chi connectivity index (χ4n) is 1.07. The van der Waals surface area contributed by atoms with Gasteiger partial charge in [0.2, 0.25) is 0 Å². The summed E-state index contributed by atoms with van der Waals surface area (Å²) in [5, 5.41) is 3.55. The van der Waals surface area contributed by atoms with Crippen molar-refractivity contribution in [3.63, 3.8) is 0 Å². The highest BCUT2D eigenvalue weighted by atomic mass is 35.5. The van der Waals surface area contributed by atoms with Crippen molar-refractivity contribution in [3.8, 4) is 0 Å². The molecule has 0 aliphatic heterocycles. The van der Waals surface area contributed by atoms with Crippen LogP contribution in [0.25, 0.3) is 6.08 Å². The summed E-state index contributed by atoms with van der Waals surface area (Å²) in [5.74, 6) is -0.287. The smallest absolute Gasteiger partial charge is 0.131 e. The van der Waals surface area contributed by atoms with Crippen LogP contribution in [0.4, 0.5) is 4.39 Å². The van der Waals surface area contributed by atoms with Gasteiger partial charge in [0.05, 0.1) is 5.02 Å². The van der Waals surface area contributed by atoms with Crippen LogP contribution >= 0.6 is 11.6 Å². The van der Waals surface area contributed by atoms with Crippen molar-refractivity contribution in [1.29, 1.82) is 0 Å². The lowest BCUT2D eigenvalue weighted by atomic mass is 10.2. The van der Waals surface area contributed by atoms with Crippen LogP contribution in [-0.2, 0) is 0 Å². The van der Waals surface area contributed by atoms with Gasteiger partial charge in [0.25, 0.3) is 0 Å². The SMILES string of the molecule is CCNCC=Cc1c(F)cccc1Cl. The van der Waals surface area contributed by atoms with E-state index in [2.05, 4.69) is 5.32 Å². The maximum atomic E-state index is 13.2. The molecule has 0 unspecified atom stereocenters. The minimum Gasteiger partial charge on any atom is -0.314 e. The average molecular weight is 214 g/mol. The normalized spacial score (nSPS) is 11.1. The molecule has 1 N–H and O–H groups in total. The quantitative estimate of drug-likeness (QED) is 0.758. The Bertz CT molecular complexity index is 303. The Labute approximate surface area is 88.6 Å². The predicted octanol–water partition coefficient (Wildman–Crippen LogP) is 3.10. The molecule has 0 spiro atoms. The fraction of sp³-hybridized carbons (Fsp3) is 0.273. The third-order valence-electron chi connectivity index (χ3n) is 1.80. The van der Waals surface area contributed by atoms with E-state index in [1.54, 1.807) is 18.2 Å². The Morgan fingerprint density at radius 3 is 2.93 bits per heavy atom. The molecular formula is C11H13ClFN. The topological polar surface area (TPSA) is 12.0 Å². The summed E-state index contributed by atoms with van der Waals surface area (Å²) in [6, 6.07) is 4.68. The molecule has 3 heteroatoms. The minimum atomic E-state index is -0.287. The Kier molecular flexibility index (Phi) is 4.63. The molecule has 76 valence electrons. The molecular weight excluding hydrogens is 201 g/mol. The number of benzene rings is 1. The van der Waals surface area contributed by atoms with Crippen LogP contribution < -0.4 is 5.32 Å². The van der Waals surface area contributed by atoms with Crippen LogP contribution in [0.1, 0.15) is 12.5 Å². The lowest BCUT2D eigenvalue weighted by Crippen LogP contribution is -2.11. The standard InChI is InChI=1S/C11H13ClFN/c1-2-14-8-4-5-9-10(12)6-3-7-11(9)13/h3-7,14H,2,8H2,1H3. The summed E-state index contributed by atoms with van der Waals surface area (Å²) >= 11 is 5.83. The van der Waals surface area contributed by atoms with E-state index in [4.69, 9.17) is 11.6 Å². The first kappa shape index (κ1) is 11.2. The zero-order valence-corrected chi connectivity index (χ0v) is 8.81. The van der Waals surface area contributed by atoms with Gasteiger partial charge in [-0.2, -0.15) is 0 Å². The van der Waals surface area contributed by atoms with E-state index in [-0.39, 0.29) is 5.82 Å². The molecule has 0 radical (unpaired) electrons. The second kappa shape index (κ2) is 5.78. The first-order valence-electron chi connectivity index (χ1n) is 4.57. The molecule has 0 bridgehead atoms. The molecule has 1 rings (SSSR count). The summed E-state index contributed by atoms with van der Waals surface area (Å²) in [7, 11) is 0. The second-order valence-corrected chi connectivity index (χ2v) is 3.25. The molecule has 14 heavy (non-hydrogen) atoms. The molecule has 0 aromatic heterocycles. The predicted molar refractivity (Wildman–Crippen MR) is 59.0 cm³/mol. The third kappa shape index (κ3) is 3.13. The van der Waals surface area contributed by atoms with E-state index in [0.717, 1.165) is 13.1 Å². The van der Waals surface area contributed by atoms with Crippen LogP contribution in [0.15, 0.2) is 24.3 Å². The first-order valence-corrected chi connectivity index (χ1v) is 4.94. The van der Waals surface area contributed by atoms with Crippen molar-refractivity contribution < 1.29 is 4.39 Å². The third-order valence-corrected chi connectivity index (χ3v) is 2.13. The lowest BCUT2D eigenvalue weighted by Gasteiger charge is -1.99. The van der Waals surface area contributed by atoms with Gasteiger partial charge >= 0.3 is 0 Å². The number of nitrogens with one attached hydrogen (secondary N) is 1. The van der Waals surface area contributed by atoms with E-state index < -0.39 is 0 Å². The maximum Gasteiger partial charge on any atom is 0.131 e.